The molecule has 2 unspecified atom stereocenters. The molecular weight excluding hydrogens is 498 g/mol. The largest absolute Gasteiger partial charge is 0.416 e. The number of alkyl halides is 4. The van der Waals surface area contributed by atoms with Gasteiger partial charge in [0.1, 0.15) is 5.82 Å². The first kappa shape index (κ1) is 25.9. The Hall–Kier alpha value is -3.17. The number of carbonyl (C=O) groups is 1. The zero-order valence-corrected chi connectivity index (χ0v) is 19.8. The van der Waals surface area contributed by atoms with E-state index in [0.717, 1.165) is 23.1 Å². The number of anilines is 1. The van der Waals surface area contributed by atoms with Gasteiger partial charge >= 0.3 is 12.2 Å². The van der Waals surface area contributed by atoms with Gasteiger partial charge in [0.25, 0.3) is 0 Å². The van der Waals surface area contributed by atoms with Gasteiger partial charge in [0.2, 0.25) is 0 Å². The molecular formula is C26H24ClF4N3O2. The van der Waals surface area contributed by atoms with Crippen molar-refractivity contribution in [2.75, 3.05) is 11.4 Å². The average Bonchev–Trinajstić information content (AvgIpc) is 3.27. The number of aliphatic hydroxyl groups excluding tert-OH is 1. The molecule has 1 heterocycles. The van der Waals surface area contributed by atoms with Crippen LogP contribution in [0.25, 0.3) is 0 Å². The highest BCUT2D eigenvalue weighted by molar-refractivity contribution is 6.30. The third-order valence-electron chi connectivity index (χ3n) is 6.22. The topological polar surface area (TPSA) is 65.5 Å². The normalized spacial score (nSPS) is 19.5. The minimum absolute atomic E-state index is 0.0698. The number of nitrogens with one attached hydrogen (secondary N) is 1. The first-order chi connectivity index (χ1) is 17.1. The first-order valence-corrected chi connectivity index (χ1v) is 11.7. The third-order valence-corrected chi connectivity index (χ3v) is 6.44. The Morgan fingerprint density at radius 3 is 2.31 bits per heavy atom. The van der Waals surface area contributed by atoms with E-state index in [9.17, 15) is 23.1 Å². The number of amides is 2. The fraction of sp³-hybridized carbons (Fsp3) is 0.308. The Labute approximate surface area is 210 Å². The molecule has 5 nitrogen and oxygen atoms in total. The molecule has 2 N–H and O–H groups in total. The van der Waals surface area contributed by atoms with Crippen molar-refractivity contribution >= 4 is 23.4 Å². The Kier molecular flexibility index (Phi) is 7.51. The predicted molar refractivity (Wildman–Crippen MR) is 129 cm³/mol. The van der Waals surface area contributed by atoms with E-state index >= 15 is 4.39 Å². The fourth-order valence-corrected chi connectivity index (χ4v) is 4.45. The standard InChI is InChI=1S/C26H24ClF4N3O2/c27-20-9-12-23(32-15-20)34(24(36)33-21-10-11-22(35)14-21)16-25(28,17-5-2-1-3-6-17)18-7-4-8-19(13-18)26(29,30)31/h1-9,12-13,15,21-22,35H,10-11,14,16H2,(H,33,36)/t21-,22?,25?/m0/s1. The van der Waals surface area contributed by atoms with E-state index in [0.29, 0.717) is 24.3 Å². The molecule has 1 aliphatic carbocycles. The van der Waals surface area contributed by atoms with E-state index in [1.807, 2.05) is 0 Å². The van der Waals surface area contributed by atoms with Gasteiger partial charge in [-0.1, -0.05) is 54.1 Å². The van der Waals surface area contributed by atoms with Gasteiger partial charge in [0.05, 0.1) is 23.2 Å². The molecule has 0 radical (unpaired) electrons. The molecule has 10 heteroatoms. The van der Waals surface area contributed by atoms with Crippen LogP contribution in [0.4, 0.5) is 28.2 Å². The molecule has 1 aliphatic rings. The zero-order chi connectivity index (χ0) is 25.9. The van der Waals surface area contributed by atoms with Crippen molar-refractivity contribution in [3.8, 4) is 0 Å². The van der Waals surface area contributed by atoms with Crippen molar-refractivity contribution in [2.24, 2.45) is 0 Å². The molecule has 1 aromatic heterocycles. The summed E-state index contributed by atoms with van der Waals surface area (Å²) in [6.07, 6.45) is -2.52. The average molecular weight is 522 g/mol. The summed E-state index contributed by atoms with van der Waals surface area (Å²) in [6, 6.07) is 13.6. The number of aromatic nitrogens is 1. The number of pyridine rings is 1. The zero-order valence-electron chi connectivity index (χ0n) is 19.1. The minimum Gasteiger partial charge on any atom is -0.393 e. The lowest BCUT2D eigenvalue weighted by Crippen LogP contribution is -2.49. The second-order valence-corrected chi connectivity index (χ2v) is 9.22. The Bertz CT molecular complexity index is 1190. The number of hydrogen-bond donors (Lipinski definition) is 2. The summed E-state index contributed by atoms with van der Waals surface area (Å²) in [4.78, 5) is 18.6. The number of carbonyl (C=O) groups excluding carboxylic acids is 1. The van der Waals surface area contributed by atoms with Crippen LogP contribution in [0.2, 0.25) is 5.02 Å². The van der Waals surface area contributed by atoms with E-state index in [-0.39, 0.29) is 23.0 Å². The monoisotopic (exact) mass is 521 g/mol. The number of nitrogens with zero attached hydrogens (tertiary/aromatic N) is 2. The van der Waals surface area contributed by atoms with Crippen LogP contribution in [0.3, 0.4) is 0 Å². The van der Waals surface area contributed by atoms with Crippen LogP contribution in [-0.4, -0.2) is 34.8 Å². The quantitative estimate of drug-likeness (QED) is 0.385. The molecule has 0 spiro atoms. The van der Waals surface area contributed by atoms with Crippen LogP contribution >= 0.6 is 11.6 Å². The molecule has 0 aliphatic heterocycles. The second-order valence-electron chi connectivity index (χ2n) is 8.78. The van der Waals surface area contributed by atoms with E-state index in [1.165, 1.54) is 36.5 Å². The highest BCUT2D eigenvalue weighted by atomic mass is 35.5. The van der Waals surface area contributed by atoms with Gasteiger partial charge < -0.3 is 10.4 Å². The molecule has 2 amide bonds. The Morgan fingerprint density at radius 1 is 1.00 bits per heavy atom. The lowest BCUT2D eigenvalue weighted by atomic mass is 9.86. The van der Waals surface area contributed by atoms with Crippen molar-refractivity contribution in [1.82, 2.24) is 10.3 Å². The lowest BCUT2D eigenvalue weighted by Gasteiger charge is -2.33. The van der Waals surface area contributed by atoms with Gasteiger partial charge in [0, 0.05) is 12.2 Å². The molecule has 190 valence electrons. The highest BCUT2D eigenvalue weighted by Gasteiger charge is 2.41. The summed E-state index contributed by atoms with van der Waals surface area (Å²) >= 11 is 5.94. The van der Waals surface area contributed by atoms with Crippen molar-refractivity contribution in [3.63, 3.8) is 0 Å². The first-order valence-electron chi connectivity index (χ1n) is 11.4. The SMILES string of the molecule is O=C(N[C@H]1CCC(O)C1)N(CC(F)(c1ccccc1)c1cccc(C(F)(F)F)c1)c1ccc(Cl)cn1. The summed E-state index contributed by atoms with van der Waals surface area (Å²) in [6.45, 7) is -0.659. The minimum atomic E-state index is -4.67. The second kappa shape index (κ2) is 10.4. The van der Waals surface area contributed by atoms with E-state index < -0.39 is 36.1 Å². The van der Waals surface area contributed by atoms with Crippen LogP contribution < -0.4 is 10.2 Å². The number of halogens is 5. The number of hydrogen-bond acceptors (Lipinski definition) is 3. The van der Waals surface area contributed by atoms with Gasteiger partial charge in [-0.05, 0) is 54.7 Å². The summed E-state index contributed by atoms with van der Waals surface area (Å²) in [5.41, 5.74) is -3.70. The Morgan fingerprint density at radius 2 is 1.69 bits per heavy atom. The fourth-order valence-electron chi connectivity index (χ4n) is 4.34. The van der Waals surface area contributed by atoms with Crippen molar-refractivity contribution < 1.29 is 27.5 Å². The van der Waals surface area contributed by atoms with Crippen LogP contribution in [0, 0.1) is 0 Å². The maximum atomic E-state index is 17.1. The van der Waals surface area contributed by atoms with Gasteiger partial charge in [-0.15, -0.1) is 0 Å². The van der Waals surface area contributed by atoms with Gasteiger partial charge in [-0.25, -0.2) is 14.2 Å². The van der Waals surface area contributed by atoms with Crippen molar-refractivity contribution in [3.05, 3.63) is 94.6 Å². The highest BCUT2D eigenvalue weighted by Crippen LogP contribution is 2.39. The van der Waals surface area contributed by atoms with Gasteiger partial charge in [-0.2, -0.15) is 13.2 Å². The molecule has 1 fully saturated rings. The maximum Gasteiger partial charge on any atom is 0.416 e. The summed E-state index contributed by atoms with van der Waals surface area (Å²) in [5, 5.41) is 12.9. The van der Waals surface area contributed by atoms with Crippen LogP contribution in [0.5, 0.6) is 0 Å². The van der Waals surface area contributed by atoms with Gasteiger partial charge in [-0.3, -0.25) is 4.90 Å². The summed E-state index contributed by atoms with van der Waals surface area (Å²) < 4.78 is 57.5. The molecule has 36 heavy (non-hydrogen) atoms. The van der Waals surface area contributed by atoms with E-state index in [1.54, 1.807) is 18.2 Å². The van der Waals surface area contributed by atoms with Crippen molar-refractivity contribution in [1.29, 1.82) is 0 Å². The third kappa shape index (κ3) is 5.79. The molecule has 3 aromatic rings. The molecule has 0 bridgehead atoms. The van der Waals surface area contributed by atoms with E-state index in [2.05, 4.69) is 10.3 Å². The van der Waals surface area contributed by atoms with Gasteiger partial charge in [0.15, 0.2) is 5.67 Å². The summed E-state index contributed by atoms with van der Waals surface area (Å²) in [7, 11) is 0. The number of aliphatic hydroxyl groups is 1. The number of urea groups is 1. The molecule has 2 aromatic carbocycles. The predicted octanol–water partition coefficient (Wildman–Crippen LogP) is 6.10. The van der Waals surface area contributed by atoms with E-state index in [4.69, 9.17) is 11.6 Å². The van der Waals surface area contributed by atoms with Crippen LogP contribution in [0.15, 0.2) is 72.9 Å². The van der Waals surface area contributed by atoms with Crippen LogP contribution in [-0.2, 0) is 11.8 Å². The molecule has 4 rings (SSSR count). The van der Waals surface area contributed by atoms with Crippen molar-refractivity contribution in [2.45, 2.75) is 43.3 Å². The number of rotatable bonds is 6. The molecule has 1 saturated carbocycles. The maximum absolute atomic E-state index is 17.1. The summed E-state index contributed by atoms with van der Waals surface area (Å²) in [5.74, 6) is 0.0698. The lowest BCUT2D eigenvalue weighted by molar-refractivity contribution is -0.137. The number of benzene rings is 2. The van der Waals surface area contributed by atoms with Crippen LogP contribution in [0.1, 0.15) is 36.0 Å². The molecule has 0 saturated heterocycles. The smallest absolute Gasteiger partial charge is 0.393 e. The Balaban J connectivity index is 1.77. The molecule has 3 atom stereocenters.